The summed E-state index contributed by atoms with van der Waals surface area (Å²) >= 11 is 0. The average molecular weight is 875 g/mol. The molecule has 3 heterocycles. The van der Waals surface area contributed by atoms with Crippen molar-refractivity contribution in [3.05, 3.63) is 271 Å². The molecule has 0 fully saturated rings. The summed E-state index contributed by atoms with van der Waals surface area (Å²) in [4.78, 5) is 10.2. The fraction of sp³-hybridized carbons (Fsp3) is 0.0781. The Morgan fingerprint density at radius 1 is 0.426 bits per heavy atom. The Morgan fingerprint density at radius 2 is 0.971 bits per heavy atom. The van der Waals surface area contributed by atoms with Gasteiger partial charge >= 0.3 is 0 Å². The SMILES string of the molecule is CC(C)N1CN(c2cccc(C(c3ccccc3)(c3ccccc3)c3ccc4c5ccccc5n(-c5cc(-c6c(-c7ccccc7)cccc6-c6ccccc6)ccn5)c4c3)c2)c2ccccc21. The molecule has 0 aliphatic carbocycles. The van der Waals surface area contributed by atoms with Gasteiger partial charge in [-0.25, -0.2) is 4.98 Å². The Labute approximate surface area is 398 Å². The zero-order valence-electron chi connectivity index (χ0n) is 38.2. The van der Waals surface area contributed by atoms with E-state index in [0.29, 0.717) is 6.04 Å². The molecule has 4 nitrogen and oxygen atoms in total. The number of pyridine rings is 1. The molecule has 11 aromatic rings. The van der Waals surface area contributed by atoms with Gasteiger partial charge in [0.25, 0.3) is 0 Å². The third-order valence-electron chi connectivity index (χ3n) is 14.0. The number of nitrogens with zero attached hydrogens (tertiary/aromatic N) is 4. The molecule has 0 saturated carbocycles. The van der Waals surface area contributed by atoms with Crippen molar-refractivity contribution in [2.45, 2.75) is 25.3 Å². The quantitative estimate of drug-likeness (QED) is 0.128. The highest BCUT2D eigenvalue weighted by Crippen LogP contribution is 2.49. The summed E-state index contributed by atoms with van der Waals surface area (Å²) in [6, 6.07) is 89.1. The van der Waals surface area contributed by atoms with Gasteiger partial charge in [0.15, 0.2) is 0 Å². The smallest absolute Gasteiger partial charge is 0.138 e. The number of para-hydroxylation sites is 3. The minimum Gasteiger partial charge on any atom is -0.349 e. The molecule has 12 rings (SSSR count). The molecule has 2 aromatic heterocycles. The molecule has 0 amide bonds. The van der Waals surface area contributed by atoms with E-state index in [0.717, 1.165) is 34.8 Å². The van der Waals surface area contributed by atoms with Gasteiger partial charge in [0.1, 0.15) is 5.82 Å². The number of fused-ring (bicyclic) bond motifs is 4. The fourth-order valence-electron chi connectivity index (χ4n) is 10.9. The van der Waals surface area contributed by atoms with Crippen LogP contribution in [0.15, 0.2) is 249 Å². The van der Waals surface area contributed by atoms with Crippen LogP contribution in [-0.4, -0.2) is 22.3 Å². The van der Waals surface area contributed by atoms with Crippen molar-refractivity contribution in [1.82, 2.24) is 9.55 Å². The fourth-order valence-corrected chi connectivity index (χ4v) is 10.9. The second-order valence-electron chi connectivity index (χ2n) is 18.1. The van der Waals surface area contributed by atoms with E-state index in [4.69, 9.17) is 4.98 Å². The van der Waals surface area contributed by atoms with Crippen LogP contribution >= 0.6 is 0 Å². The number of hydrogen-bond acceptors (Lipinski definition) is 3. The Balaban J connectivity index is 1.10. The standard InChI is InChI=1S/C64H50N4/c1-45(2)66-44-67(60-36-18-17-35-59(60)66)53-30-19-29-51(42-53)64(49-25-11-5-12-26-49,50-27-13-6-14-28-50)52-37-38-57-56-31-15-16-34-58(56)68(61(57)43-52)62-41-48(39-40-65-62)63-54(46-21-7-3-8-22-46)32-20-33-55(63)47-23-9-4-10-24-47/h3-43,45H,44H2,1-2H3. The first kappa shape index (κ1) is 41.0. The molecule has 0 radical (unpaired) electrons. The van der Waals surface area contributed by atoms with Crippen LogP contribution in [0.5, 0.6) is 0 Å². The Morgan fingerprint density at radius 3 is 1.63 bits per heavy atom. The van der Waals surface area contributed by atoms with E-state index in [2.05, 4.69) is 271 Å². The summed E-state index contributed by atoms with van der Waals surface area (Å²) in [6.45, 7) is 5.34. The van der Waals surface area contributed by atoms with Gasteiger partial charge in [-0.2, -0.15) is 0 Å². The van der Waals surface area contributed by atoms with E-state index in [9.17, 15) is 0 Å². The first-order valence-electron chi connectivity index (χ1n) is 23.7. The van der Waals surface area contributed by atoms with Crippen molar-refractivity contribution < 1.29 is 0 Å². The van der Waals surface area contributed by atoms with Crippen molar-refractivity contribution in [2.24, 2.45) is 0 Å². The lowest BCUT2D eigenvalue weighted by Crippen LogP contribution is -2.34. The molecule has 0 bridgehead atoms. The first-order chi connectivity index (χ1) is 33.6. The van der Waals surface area contributed by atoms with Crippen LogP contribution in [0.25, 0.3) is 61.0 Å². The maximum absolute atomic E-state index is 5.22. The predicted molar refractivity (Wildman–Crippen MR) is 284 cm³/mol. The topological polar surface area (TPSA) is 24.3 Å². The largest absolute Gasteiger partial charge is 0.349 e. The van der Waals surface area contributed by atoms with Crippen LogP contribution in [0.3, 0.4) is 0 Å². The molecule has 68 heavy (non-hydrogen) atoms. The van der Waals surface area contributed by atoms with E-state index >= 15 is 0 Å². The molecule has 9 aromatic carbocycles. The van der Waals surface area contributed by atoms with Gasteiger partial charge in [0, 0.05) is 28.7 Å². The maximum Gasteiger partial charge on any atom is 0.138 e. The summed E-state index contributed by atoms with van der Waals surface area (Å²) in [5, 5.41) is 2.36. The maximum atomic E-state index is 5.22. The van der Waals surface area contributed by atoms with Gasteiger partial charge < -0.3 is 9.80 Å². The third-order valence-corrected chi connectivity index (χ3v) is 14.0. The zero-order chi connectivity index (χ0) is 45.6. The number of aromatic nitrogens is 2. The zero-order valence-corrected chi connectivity index (χ0v) is 38.2. The molecule has 0 saturated heterocycles. The number of rotatable bonds is 10. The predicted octanol–water partition coefficient (Wildman–Crippen LogP) is 15.9. The van der Waals surface area contributed by atoms with Gasteiger partial charge in [-0.3, -0.25) is 4.57 Å². The lowest BCUT2D eigenvalue weighted by molar-refractivity contribution is 0.708. The van der Waals surface area contributed by atoms with Gasteiger partial charge in [0.2, 0.25) is 0 Å². The van der Waals surface area contributed by atoms with E-state index in [1.54, 1.807) is 0 Å². The summed E-state index contributed by atoms with van der Waals surface area (Å²) < 4.78 is 2.38. The molecular formula is C64H50N4. The minimum atomic E-state index is -0.695. The lowest BCUT2D eigenvalue weighted by Gasteiger charge is -2.37. The highest BCUT2D eigenvalue weighted by atomic mass is 15.4. The van der Waals surface area contributed by atoms with Crippen LogP contribution in [0, 0.1) is 0 Å². The van der Waals surface area contributed by atoms with Crippen molar-refractivity contribution in [1.29, 1.82) is 0 Å². The molecule has 0 atom stereocenters. The Kier molecular flexibility index (Phi) is 10.3. The Bertz CT molecular complexity index is 3480. The third kappa shape index (κ3) is 6.79. The normalized spacial score (nSPS) is 12.6. The van der Waals surface area contributed by atoms with E-state index in [1.165, 1.54) is 72.2 Å². The molecular weight excluding hydrogens is 825 g/mol. The lowest BCUT2D eigenvalue weighted by atomic mass is 9.65. The van der Waals surface area contributed by atoms with Crippen LogP contribution in [0.2, 0.25) is 0 Å². The summed E-state index contributed by atoms with van der Waals surface area (Å²) in [6.07, 6.45) is 1.98. The number of benzene rings is 9. The van der Waals surface area contributed by atoms with Crippen LogP contribution in [-0.2, 0) is 5.41 Å². The van der Waals surface area contributed by atoms with E-state index in [1.807, 2.05) is 6.20 Å². The van der Waals surface area contributed by atoms with Crippen LogP contribution < -0.4 is 9.80 Å². The van der Waals surface area contributed by atoms with Gasteiger partial charge in [0.05, 0.1) is 34.5 Å². The monoisotopic (exact) mass is 874 g/mol. The first-order valence-corrected chi connectivity index (χ1v) is 23.7. The molecule has 1 aliphatic rings. The Hall–Kier alpha value is -8.47. The molecule has 0 unspecified atom stereocenters. The molecule has 0 N–H and O–H groups in total. The summed E-state index contributed by atoms with van der Waals surface area (Å²) in [5.74, 6) is 0.863. The molecule has 326 valence electrons. The molecule has 4 heteroatoms. The van der Waals surface area contributed by atoms with Gasteiger partial charge in [-0.15, -0.1) is 0 Å². The van der Waals surface area contributed by atoms with Crippen LogP contribution in [0.1, 0.15) is 36.1 Å². The van der Waals surface area contributed by atoms with Crippen LogP contribution in [0.4, 0.5) is 17.1 Å². The van der Waals surface area contributed by atoms with E-state index < -0.39 is 5.41 Å². The van der Waals surface area contributed by atoms with Gasteiger partial charge in [-0.1, -0.05) is 194 Å². The summed E-state index contributed by atoms with van der Waals surface area (Å²) in [5.41, 5.74) is 16.9. The number of hydrogen-bond donors (Lipinski definition) is 0. The second-order valence-corrected chi connectivity index (χ2v) is 18.1. The number of anilines is 3. The van der Waals surface area contributed by atoms with Gasteiger partial charge in [-0.05, 0) is 118 Å². The minimum absolute atomic E-state index is 0.357. The van der Waals surface area contributed by atoms with E-state index in [-0.39, 0.29) is 0 Å². The molecule has 0 spiro atoms. The van der Waals surface area contributed by atoms with Crippen molar-refractivity contribution in [2.75, 3.05) is 16.5 Å². The van der Waals surface area contributed by atoms with Crippen molar-refractivity contribution >= 4 is 38.9 Å². The van der Waals surface area contributed by atoms with Crippen molar-refractivity contribution in [3.63, 3.8) is 0 Å². The highest BCUT2D eigenvalue weighted by molar-refractivity contribution is 6.09. The van der Waals surface area contributed by atoms with Crippen molar-refractivity contribution in [3.8, 4) is 39.2 Å². The average Bonchev–Trinajstić information content (AvgIpc) is 3.97. The molecule has 1 aliphatic heterocycles. The second kappa shape index (κ2) is 17.1. The summed E-state index contributed by atoms with van der Waals surface area (Å²) in [7, 11) is 0. The highest BCUT2D eigenvalue weighted by Gasteiger charge is 2.40.